The predicted molar refractivity (Wildman–Crippen MR) is 75.2 cm³/mol. The molecule has 2 amide bonds. The molecular formula is C13H27N3O3. The van der Waals surface area contributed by atoms with Crippen molar-refractivity contribution in [3.8, 4) is 0 Å². The van der Waals surface area contributed by atoms with E-state index >= 15 is 0 Å². The minimum absolute atomic E-state index is 0.00347. The molecule has 0 aliphatic rings. The Bertz CT molecular complexity index is 306. The highest BCUT2D eigenvalue weighted by molar-refractivity contribution is 5.82. The van der Waals surface area contributed by atoms with Gasteiger partial charge in [0, 0.05) is 19.6 Å². The van der Waals surface area contributed by atoms with Gasteiger partial charge in [-0.05, 0) is 26.4 Å². The highest BCUT2D eigenvalue weighted by Gasteiger charge is 2.27. The van der Waals surface area contributed by atoms with Gasteiger partial charge in [-0.3, -0.25) is 0 Å². The smallest absolute Gasteiger partial charge is 0.326 e. The molecule has 0 aromatic carbocycles. The second kappa shape index (κ2) is 7.99. The molecule has 2 N–H and O–H groups in total. The average molecular weight is 273 g/mol. The van der Waals surface area contributed by atoms with Crippen molar-refractivity contribution in [3.05, 3.63) is 0 Å². The van der Waals surface area contributed by atoms with Crippen LogP contribution in [-0.4, -0.2) is 66.7 Å². The average Bonchev–Trinajstić information content (AvgIpc) is 2.27. The van der Waals surface area contributed by atoms with Crippen molar-refractivity contribution >= 4 is 12.0 Å². The van der Waals surface area contributed by atoms with Crippen LogP contribution < -0.4 is 5.32 Å². The fourth-order valence-electron chi connectivity index (χ4n) is 1.83. The lowest BCUT2D eigenvalue weighted by Crippen LogP contribution is -2.53. The number of hydrogen-bond donors (Lipinski definition) is 2. The van der Waals surface area contributed by atoms with E-state index in [0.29, 0.717) is 6.42 Å². The van der Waals surface area contributed by atoms with Gasteiger partial charge in [0.15, 0.2) is 0 Å². The molecule has 0 heterocycles. The Kier molecular flexibility index (Phi) is 7.44. The van der Waals surface area contributed by atoms with E-state index in [-0.39, 0.29) is 18.0 Å². The zero-order valence-electron chi connectivity index (χ0n) is 12.8. The molecule has 0 spiro atoms. The molecule has 0 saturated heterocycles. The van der Waals surface area contributed by atoms with Crippen molar-refractivity contribution in [1.29, 1.82) is 0 Å². The van der Waals surface area contributed by atoms with Gasteiger partial charge in [0.1, 0.15) is 6.04 Å². The van der Waals surface area contributed by atoms with Crippen LogP contribution >= 0.6 is 0 Å². The molecule has 0 fully saturated rings. The third-order valence-corrected chi connectivity index (χ3v) is 3.14. The van der Waals surface area contributed by atoms with Crippen LogP contribution in [0.1, 0.15) is 27.2 Å². The van der Waals surface area contributed by atoms with Gasteiger partial charge < -0.3 is 20.2 Å². The van der Waals surface area contributed by atoms with Crippen LogP contribution in [0.4, 0.5) is 4.79 Å². The van der Waals surface area contributed by atoms with Crippen molar-refractivity contribution in [2.45, 2.75) is 39.3 Å². The van der Waals surface area contributed by atoms with Gasteiger partial charge in [0.2, 0.25) is 0 Å². The summed E-state index contributed by atoms with van der Waals surface area (Å²) in [6.07, 6.45) is 0.388. The van der Waals surface area contributed by atoms with Crippen molar-refractivity contribution in [1.82, 2.24) is 15.1 Å². The van der Waals surface area contributed by atoms with Crippen molar-refractivity contribution in [3.63, 3.8) is 0 Å². The number of likely N-dealkylation sites (N-methyl/N-ethyl adjacent to an activating group) is 2. The normalized spacial score (nSPS) is 14.3. The largest absolute Gasteiger partial charge is 0.480 e. The maximum atomic E-state index is 12.1. The van der Waals surface area contributed by atoms with Crippen LogP contribution in [0, 0.1) is 5.92 Å². The Morgan fingerprint density at radius 3 is 2.05 bits per heavy atom. The maximum Gasteiger partial charge on any atom is 0.326 e. The highest BCUT2D eigenvalue weighted by atomic mass is 16.4. The summed E-state index contributed by atoms with van der Waals surface area (Å²) in [5.74, 6) is -0.696. The second-order valence-electron chi connectivity index (χ2n) is 5.44. The topological polar surface area (TPSA) is 72.9 Å². The molecule has 0 rings (SSSR count). The Morgan fingerprint density at radius 1 is 1.21 bits per heavy atom. The van der Waals surface area contributed by atoms with E-state index in [0.717, 1.165) is 6.54 Å². The summed E-state index contributed by atoms with van der Waals surface area (Å²) < 4.78 is 0. The summed E-state index contributed by atoms with van der Waals surface area (Å²) in [7, 11) is 5.40. The van der Waals surface area contributed by atoms with Crippen LogP contribution in [0.2, 0.25) is 0 Å². The zero-order valence-corrected chi connectivity index (χ0v) is 12.8. The molecule has 0 aromatic heterocycles. The number of carbonyl (C=O) groups excluding carboxylic acids is 1. The van der Waals surface area contributed by atoms with Crippen LogP contribution in [-0.2, 0) is 4.79 Å². The predicted octanol–water partition coefficient (Wildman–Crippen LogP) is 1.08. The SMILES string of the molecule is CCC(C(=O)O)N(C)C(=O)NC(CN(C)C)C(C)C. The molecular weight excluding hydrogens is 246 g/mol. The zero-order chi connectivity index (χ0) is 15.2. The van der Waals surface area contributed by atoms with Crippen LogP contribution in [0.15, 0.2) is 0 Å². The van der Waals surface area contributed by atoms with Crippen molar-refractivity contribution in [2.24, 2.45) is 5.92 Å². The molecule has 0 radical (unpaired) electrons. The lowest BCUT2D eigenvalue weighted by Gasteiger charge is -2.30. The number of carbonyl (C=O) groups is 2. The molecule has 6 nitrogen and oxygen atoms in total. The molecule has 19 heavy (non-hydrogen) atoms. The monoisotopic (exact) mass is 273 g/mol. The van der Waals surface area contributed by atoms with Crippen LogP contribution in [0.5, 0.6) is 0 Å². The minimum Gasteiger partial charge on any atom is -0.480 e. The Labute approximate surface area is 115 Å². The molecule has 0 bridgehead atoms. The first-order chi connectivity index (χ1) is 8.70. The van der Waals surface area contributed by atoms with Crippen molar-refractivity contribution in [2.75, 3.05) is 27.7 Å². The number of aliphatic carboxylic acids is 1. The number of nitrogens with one attached hydrogen (secondary N) is 1. The second-order valence-corrected chi connectivity index (χ2v) is 5.44. The van der Waals surface area contributed by atoms with E-state index in [1.165, 1.54) is 11.9 Å². The molecule has 0 aliphatic carbocycles. The molecule has 0 saturated carbocycles. The molecule has 0 aromatic rings. The number of carboxylic acids is 1. The van der Waals surface area contributed by atoms with E-state index in [9.17, 15) is 9.59 Å². The summed E-state index contributed by atoms with van der Waals surface area (Å²) in [6, 6.07) is -1.13. The van der Waals surface area contributed by atoms with E-state index in [4.69, 9.17) is 5.11 Å². The first-order valence-corrected chi connectivity index (χ1v) is 6.61. The van der Waals surface area contributed by atoms with Gasteiger partial charge in [-0.25, -0.2) is 9.59 Å². The summed E-state index contributed by atoms with van der Waals surface area (Å²) in [4.78, 5) is 26.4. The first-order valence-electron chi connectivity index (χ1n) is 6.61. The Hall–Kier alpha value is -1.30. The maximum absolute atomic E-state index is 12.1. The third-order valence-electron chi connectivity index (χ3n) is 3.14. The fourth-order valence-corrected chi connectivity index (χ4v) is 1.83. The van der Waals surface area contributed by atoms with Crippen LogP contribution in [0.25, 0.3) is 0 Å². The lowest BCUT2D eigenvalue weighted by molar-refractivity contribution is -0.141. The molecule has 2 atom stereocenters. The van der Waals surface area contributed by atoms with Gasteiger partial charge in [0.25, 0.3) is 0 Å². The summed E-state index contributed by atoms with van der Waals surface area (Å²) >= 11 is 0. The van der Waals surface area contributed by atoms with Gasteiger partial charge in [-0.15, -0.1) is 0 Å². The first kappa shape index (κ1) is 17.7. The third kappa shape index (κ3) is 5.92. The summed E-state index contributed by atoms with van der Waals surface area (Å²) in [5, 5.41) is 12.0. The van der Waals surface area contributed by atoms with E-state index in [2.05, 4.69) is 5.32 Å². The molecule has 6 heteroatoms. The Balaban J connectivity index is 4.67. The number of carboxylic acid groups (broad SMARTS) is 1. The van der Waals surface area contributed by atoms with Gasteiger partial charge in [-0.2, -0.15) is 0 Å². The minimum atomic E-state index is -0.978. The Morgan fingerprint density at radius 2 is 1.74 bits per heavy atom. The highest BCUT2D eigenvalue weighted by Crippen LogP contribution is 2.06. The molecule has 2 unspecified atom stereocenters. The van der Waals surface area contributed by atoms with E-state index < -0.39 is 12.0 Å². The fraction of sp³-hybridized carbons (Fsp3) is 0.846. The van der Waals surface area contributed by atoms with Gasteiger partial charge in [-0.1, -0.05) is 20.8 Å². The molecule has 112 valence electrons. The van der Waals surface area contributed by atoms with Crippen LogP contribution in [0.3, 0.4) is 0 Å². The number of rotatable bonds is 7. The van der Waals surface area contributed by atoms with Crippen molar-refractivity contribution < 1.29 is 14.7 Å². The lowest BCUT2D eigenvalue weighted by atomic mass is 10.0. The van der Waals surface area contributed by atoms with Gasteiger partial charge >= 0.3 is 12.0 Å². The quantitative estimate of drug-likeness (QED) is 0.728. The summed E-state index contributed by atoms with van der Waals surface area (Å²) in [6.45, 7) is 6.54. The van der Waals surface area contributed by atoms with E-state index in [1.807, 2.05) is 32.8 Å². The number of amides is 2. The number of nitrogens with zero attached hydrogens (tertiary/aromatic N) is 2. The standard InChI is InChI=1S/C13H27N3O3/c1-7-11(12(17)18)16(6)13(19)14-10(9(2)3)8-15(4)5/h9-11H,7-8H2,1-6H3,(H,14,19)(H,17,18). The van der Waals surface area contributed by atoms with E-state index in [1.54, 1.807) is 6.92 Å². The molecule has 0 aliphatic heterocycles. The number of urea groups is 1. The number of hydrogen-bond acceptors (Lipinski definition) is 3. The van der Waals surface area contributed by atoms with Gasteiger partial charge in [0.05, 0.1) is 0 Å². The summed E-state index contributed by atoms with van der Waals surface area (Å²) in [5.41, 5.74) is 0.